The Bertz CT molecular complexity index is 512. The number of hydrogen-bond donors (Lipinski definition) is 3. The molecule has 0 fully saturated rings. The number of benzene rings is 1. The summed E-state index contributed by atoms with van der Waals surface area (Å²) >= 11 is 11.8. The molecule has 1 aromatic heterocycles. The van der Waals surface area contributed by atoms with Crippen molar-refractivity contribution in [2.45, 2.75) is 0 Å². The van der Waals surface area contributed by atoms with E-state index < -0.39 is 0 Å². The monoisotopic (exact) mass is 269 g/mol. The van der Waals surface area contributed by atoms with E-state index in [9.17, 15) is 0 Å². The molecule has 7 heteroatoms. The molecule has 0 bridgehead atoms. The van der Waals surface area contributed by atoms with Crippen LogP contribution in [-0.4, -0.2) is 9.97 Å². The molecule has 0 spiro atoms. The van der Waals surface area contributed by atoms with E-state index >= 15 is 0 Å². The SMILES string of the molecule is NNc1cncc(Nc2cc(Cl)cc(Cl)c2)n1. The number of nitrogen functional groups attached to an aromatic ring is 1. The maximum Gasteiger partial charge on any atom is 0.160 e. The Kier molecular flexibility index (Phi) is 3.63. The highest BCUT2D eigenvalue weighted by atomic mass is 35.5. The first kappa shape index (κ1) is 11.9. The molecule has 1 heterocycles. The van der Waals surface area contributed by atoms with Crippen LogP contribution in [0.2, 0.25) is 10.0 Å². The van der Waals surface area contributed by atoms with Crippen molar-refractivity contribution in [1.29, 1.82) is 0 Å². The van der Waals surface area contributed by atoms with Crippen LogP contribution < -0.4 is 16.6 Å². The zero-order valence-electron chi connectivity index (χ0n) is 8.61. The zero-order chi connectivity index (χ0) is 12.3. The number of hydrazine groups is 1. The molecule has 5 nitrogen and oxygen atoms in total. The van der Waals surface area contributed by atoms with E-state index in [0.717, 1.165) is 5.69 Å². The number of nitrogens with one attached hydrogen (secondary N) is 2. The molecule has 4 N–H and O–H groups in total. The number of halogens is 2. The van der Waals surface area contributed by atoms with Gasteiger partial charge in [-0.2, -0.15) is 0 Å². The van der Waals surface area contributed by atoms with Crippen molar-refractivity contribution in [2.24, 2.45) is 5.84 Å². The summed E-state index contributed by atoms with van der Waals surface area (Å²) in [7, 11) is 0. The smallest absolute Gasteiger partial charge is 0.160 e. The molecule has 2 aromatic rings. The maximum absolute atomic E-state index is 5.88. The Morgan fingerprint density at radius 1 is 1.00 bits per heavy atom. The minimum absolute atomic E-state index is 0.461. The molecule has 0 aliphatic carbocycles. The van der Waals surface area contributed by atoms with Gasteiger partial charge in [0, 0.05) is 15.7 Å². The molecule has 1 aromatic carbocycles. The molecule has 0 saturated heterocycles. The average Bonchev–Trinajstić information content (AvgIpc) is 2.28. The molecule has 0 radical (unpaired) electrons. The van der Waals surface area contributed by atoms with Gasteiger partial charge in [-0.25, -0.2) is 10.8 Å². The quantitative estimate of drug-likeness (QED) is 0.590. The van der Waals surface area contributed by atoms with Crippen LogP contribution in [0.4, 0.5) is 17.3 Å². The van der Waals surface area contributed by atoms with Gasteiger partial charge >= 0.3 is 0 Å². The van der Waals surface area contributed by atoms with Gasteiger partial charge in [0.05, 0.1) is 12.4 Å². The topological polar surface area (TPSA) is 75.9 Å². The van der Waals surface area contributed by atoms with Crippen LogP contribution in [0.5, 0.6) is 0 Å². The van der Waals surface area contributed by atoms with Crippen molar-refractivity contribution in [3.05, 3.63) is 40.6 Å². The minimum Gasteiger partial charge on any atom is -0.339 e. The van der Waals surface area contributed by atoms with Gasteiger partial charge in [-0.05, 0) is 18.2 Å². The van der Waals surface area contributed by atoms with Crippen molar-refractivity contribution in [1.82, 2.24) is 9.97 Å². The van der Waals surface area contributed by atoms with E-state index in [0.29, 0.717) is 21.7 Å². The molecule has 0 amide bonds. The summed E-state index contributed by atoms with van der Waals surface area (Å²) in [5.74, 6) is 6.24. The number of nitrogens with zero attached hydrogens (tertiary/aromatic N) is 2. The van der Waals surface area contributed by atoms with E-state index in [2.05, 4.69) is 20.7 Å². The van der Waals surface area contributed by atoms with Crippen LogP contribution in [0.25, 0.3) is 0 Å². The van der Waals surface area contributed by atoms with Crippen molar-refractivity contribution in [3.8, 4) is 0 Å². The molecule has 0 aliphatic rings. The first-order chi connectivity index (χ1) is 8.17. The fourth-order valence-corrected chi connectivity index (χ4v) is 1.80. The van der Waals surface area contributed by atoms with Gasteiger partial charge in [-0.1, -0.05) is 23.2 Å². The normalized spacial score (nSPS) is 10.1. The Balaban J connectivity index is 2.24. The van der Waals surface area contributed by atoms with Crippen molar-refractivity contribution in [3.63, 3.8) is 0 Å². The van der Waals surface area contributed by atoms with Gasteiger partial charge in [0.15, 0.2) is 11.6 Å². The van der Waals surface area contributed by atoms with E-state index in [1.807, 2.05) is 0 Å². The molecule has 0 atom stereocenters. The lowest BCUT2D eigenvalue weighted by Crippen LogP contribution is -2.09. The molecule has 0 aliphatic heterocycles. The predicted octanol–water partition coefficient (Wildman–Crippen LogP) is 2.81. The van der Waals surface area contributed by atoms with Gasteiger partial charge in [-0.15, -0.1) is 0 Å². The highest BCUT2D eigenvalue weighted by Crippen LogP contribution is 2.24. The van der Waals surface area contributed by atoms with Crippen molar-refractivity contribution < 1.29 is 0 Å². The number of nitrogens with two attached hydrogens (primary N) is 1. The van der Waals surface area contributed by atoms with E-state index in [1.54, 1.807) is 24.4 Å². The molecule has 0 saturated carbocycles. The summed E-state index contributed by atoms with van der Waals surface area (Å²) in [6, 6.07) is 5.12. The first-order valence-corrected chi connectivity index (χ1v) is 5.45. The van der Waals surface area contributed by atoms with Gasteiger partial charge in [0.1, 0.15) is 0 Å². The van der Waals surface area contributed by atoms with Crippen LogP contribution in [0.3, 0.4) is 0 Å². The van der Waals surface area contributed by atoms with E-state index in [1.165, 1.54) is 6.20 Å². The van der Waals surface area contributed by atoms with Gasteiger partial charge < -0.3 is 10.7 Å². The Morgan fingerprint density at radius 2 is 1.65 bits per heavy atom. The van der Waals surface area contributed by atoms with E-state index in [4.69, 9.17) is 29.0 Å². The predicted molar refractivity (Wildman–Crippen MR) is 69.6 cm³/mol. The summed E-state index contributed by atoms with van der Waals surface area (Å²) in [4.78, 5) is 8.11. The highest BCUT2D eigenvalue weighted by molar-refractivity contribution is 6.35. The third-order valence-corrected chi connectivity index (χ3v) is 2.35. The molecule has 88 valence electrons. The second-order valence-electron chi connectivity index (χ2n) is 3.22. The van der Waals surface area contributed by atoms with Gasteiger partial charge in [0.2, 0.25) is 0 Å². The zero-order valence-corrected chi connectivity index (χ0v) is 10.1. The Morgan fingerprint density at radius 3 is 2.29 bits per heavy atom. The molecule has 2 rings (SSSR count). The van der Waals surface area contributed by atoms with Crippen LogP contribution in [0.15, 0.2) is 30.6 Å². The molecule has 17 heavy (non-hydrogen) atoms. The average molecular weight is 270 g/mol. The van der Waals surface area contributed by atoms with Crippen LogP contribution >= 0.6 is 23.2 Å². The summed E-state index contributed by atoms with van der Waals surface area (Å²) in [6.07, 6.45) is 3.08. The third kappa shape index (κ3) is 3.20. The lowest BCUT2D eigenvalue weighted by molar-refractivity contribution is 1.16. The second kappa shape index (κ2) is 5.18. The van der Waals surface area contributed by atoms with Crippen LogP contribution in [-0.2, 0) is 0 Å². The lowest BCUT2D eigenvalue weighted by Gasteiger charge is -2.07. The lowest BCUT2D eigenvalue weighted by atomic mass is 10.3. The van der Waals surface area contributed by atoms with E-state index in [-0.39, 0.29) is 0 Å². The summed E-state index contributed by atoms with van der Waals surface area (Å²) < 4.78 is 0. The Labute approximate surface area is 108 Å². The molecular formula is C10H9Cl2N5. The second-order valence-corrected chi connectivity index (χ2v) is 4.09. The number of rotatable bonds is 3. The van der Waals surface area contributed by atoms with Gasteiger partial charge in [-0.3, -0.25) is 4.98 Å². The number of anilines is 3. The maximum atomic E-state index is 5.88. The highest BCUT2D eigenvalue weighted by Gasteiger charge is 2.01. The standard InChI is InChI=1S/C10H9Cl2N5/c11-6-1-7(12)3-8(2-6)15-9-4-14-5-10(16-9)17-13/h1-5H,13H2,(H2,15,16,17). The third-order valence-electron chi connectivity index (χ3n) is 1.92. The largest absolute Gasteiger partial charge is 0.339 e. The Hall–Kier alpha value is -1.56. The number of hydrogen-bond acceptors (Lipinski definition) is 5. The minimum atomic E-state index is 0.461. The fourth-order valence-electron chi connectivity index (χ4n) is 1.27. The van der Waals surface area contributed by atoms with Crippen LogP contribution in [0, 0.1) is 0 Å². The van der Waals surface area contributed by atoms with Gasteiger partial charge in [0.25, 0.3) is 0 Å². The summed E-state index contributed by atoms with van der Waals surface area (Å²) in [5, 5.41) is 4.11. The van der Waals surface area contributed by atoms with Crippen molar-refractivity contribution >= 4 is 40.5 Å². The number of aromatic nitrogens is 2. The molecular weight excluding hydrogens is 261 g/mol. The van der Waals surface area contributed by atoms with Crippen molar-refractivity contribution in [2.75, 3.05) is 10.7 Å². The summed E-state index contributed by atoms with van der Waals surface area (Å²) in [5.41, 5.74) is 3.14. The first-order valence-electron chi connectivity index (χ1n) is 4.69. The fraction of sp³-hybridized carbons (Fsp3) is 0. The summed E-state index contributed by atoms with van der Waals surface area (Å²) in [6.45, 7) is 0. The van der Waals surface area contributed by atoms with Crippen LogP contribution in [0.1, 0.15) is 0 Å². The molecule has 0 unspecified atom stereocenters.